The van der Waals surface area contributed by atoms with Gasteiger partial charge in [0, 0.05) is 5.69 Å². The number of aryl methyl sites for hydroxylation is 1. The number of hydrogen-bond acceptors (Lipinski definition) is 3. The molecule has 19 heavy (non-hydrogen) atoms. The predicted molar refractivity (Wildman–Crippen MR) is 81.9 cm³/mol. The molecule has 0 atom stereocenters. The number of ether oxygens (including phenoxy) is 1. The zero-order valence-corrected chi connectivity index (χ0v) is 12.1. The van der Waals surface area contributed by atoms with Crippen LogP contribution in [0.2, 0.25) is 10.0 Å². The van der Waals surface area contributed by atoms with Crippen molar-refractivity contribution in [2.75, 3.05) is 18.2 Å². The maximum absolute atomic E-state index is 5.98. The molecule has 3 N–H and O–H groups in total. The third-order valence-corrected chi connectivity index (χ3v) is 3.49. The van der Waals surface area contributed by atoms with Crippen molar-refractivity contribution in [3.05, 3.63) is 45.9 Å². The zero-order valence-electron chi connectivity index (χ0n) is 10.6. The number of nitrogen functional groups attached to an aromatic ring is 1. The van der Waals surface area contributed by atoms with Crippen LogP contribution in [-0.4, -0.2) is 7.11 Å². The molecule has 3 nitrogen and oxygen atoms in total. The summed E-state index contributed by atoms with van der Waals surface area (Å²) in [5.41, 5.74) is 9.11. The lowest BCUT2D eigenvalue weighted by Crippen LogP contribution is -1.97. The standard InChI is InChI=1S/C14H14Cl2N2O/c1-8-5-9(3-4-14(8)19-2)18-13-7-11(16)10(15)6-12(13)17/h3-7,18H,17H2,1-2H3. The van der Waals surface area contributed by atoms with E-state index >= 15 is 0 Å². The van der Waals surface area contributed by atoms with Gasteiger partial charge in [0.05, 0.1) is 28.5 Å². The van der Waals surface area contributed by atoms with E-state index in [1.165, 1.54) is 0 Å². The second kappa shape index (κ2) is 5.59. The Kier molecular flexibility index (Phi) is 4.08. The van der Waals surface area contributed by atoms with Crippen molar-refractivity contribution in [1.29, 1.82) is 0 Å². The Morgan fingerprint density at radius 2 is 1.79 bits per heavy atom. The Labute approximate surface area is 122 Å². The zero-order chi connectivity index (χ0) is 14.0. The van der Waals surface area contributed by atoms with E-state index < -0.39 is 0 Å². The Hall–Kier alpha value is -1.58. The predicted octanol–water partition coefficient (Wildman–Crippen LogP) is 4.64. The lowest BCUT2D eigenvalue weighted by Gasteiger charge is -2.12. The van der Waals surface area contributed by atoms with Gasteiger partial charge in [-0.2, -0.15) is 0 Å². The molecule has 2 rings (SSSR count). The smallest absolute Gasteiger partial charge is 0.121 e. The minimum Gasteiger partial charge on any atom is -0.496 e. The van der Waals surface area contributed by atoms with E-state index in [-0.39, 0.29) is 0 Å². The summed E-state index contributed by atoms with van der Waals surface area (Å²) in [6.07, 6.45) is 0. The van der Waals surface area contributed by atoms with Crippen molar-refractivity contribution in [2.24, 2.45) is 0 Å². The molecule has 0 amide bonds. The molecule has 0 spiro atoms. The SMILES string of the molecule is COc1ccc(Nc2cc(Cl)c(Cl)cc2N)cc1C. The van der Waals surface area contributed by atoms with Gasteiger partial charge in [-0.3, -0.25) is 0 Å². The van der Waals surface area contributed by atoms with E-state index in [9.17, 15) is 0 Å². The van der Waals surface area contributed by atoms with Crippen LogP contribution in [0.4, 0.5) is 17.1 Å². The molecule has 0 radical (unpaired) electrons. The van der Waals surface area contributed by atoms with Crippen molar-refractivity contribution in [3.8, 4) is 5.75 Å². The molecule has 0 aliphatic heterocycles. The lowest BCUT2D eigenvalue weighted by atomic mass is 10.2. The third kappa shape index (κ3) is 3.06. The fourth-order valence-electron chi connectivity index (χ4n) is 1.78. The first-order valence-electron chi connectivity index (χ1n) is 5.67. The number of nitrogens with one attached hydrogen (secondary N) is 1. The second-order valence-corrected chi connectivity index (χ2v) is 4.98. The molecule has 0 fully saturated rings. The Morgan fingerprint density at radius 3 is 2.42 bits per heavy atom. The highest BCUT2D eigenvalue weighted by molar-refractivity contribution is 6.42. The van der Waals surface area contributed by atoms with Crippen molar-refractivity contribution in [2.45, 2.75) is 6.92 Å². The van der Waals surface area contributed by atoms with E-state index in [4.69, 9.17) is 33.7 Å². The summed E-state index contributed by atoms with van der Waals surface area (Å²) in [6, 6.07) is 9.11. The van der Waals surface area contributed by atoms with E-state index in [0.29, 0.717) is 15.7 Å². The van der Waals surface area contributed by atoms with Crippen molar-refractivity contribution in [3.63, 3.8) is 0 Å². The number of methoxy groups -OCH3 is 1. The first-order valence-corrected chi connectivity index (χ1v) is 6.43. The number of halogens is 2. The normalized spacial score (nSPS) is 10.3. The molecule has 2 aromatic carbocycles. The van der Waals surface area contributed by atoms with Gasteiger partial charge in [0.1, 0.15) is 5.75 Å². The summed E-state index contributed by atoms with van der Waals surface area (Å²) in [7, 11) is 1.65. The van der Waals surface area contributed by atoms with Crippen LogP contribution >= 0.6 is 23.2 Å². The van der Waals surface area contributed by atoms with Crippen LogP contribution in [0, 0.1) is 6.92 Å². The highest BCUT2D eigenvalue weighted by atomic mass is 35.5. The molecule has 0 saturated heterocycles. The lowest BCUT2D eigenvalue weighted by molar-refractivity contribution is 0.412. The van der Waals surface area contributed by atoms with Gasteiger partial charge in [0.2, 0.25) is 0 Å². The molecule has 0 bridgehead atoms. The molecule has 100 valence electrons. The molecule has 0 aliphatic carbocycles. The summed E-state index contributed by atoms with van der Waals surface area (Å²) in [5.74, 6) is 0.840. The Morgan fingerprint density at radius 1 is 1.11 bits per heavy atom. The number of hydrogen-bond donors (Lipinski definition) is 2. The highest BCUT2D eigenvalue weighted by Gasteiger charge is 2.06. The molecule has 0 unspecified atom stereocenters. The molecule has 0 saturated carbocycles. The number of nitrogens with two attached hydrogens (primary N) is 1. The van der Waals surface area contributed by atoms with Crippen molar-refractivity contribution in [1.82, 2.24) is 0 Å². The molecular weight excluding hydrogens is 283 g/mol. The summed E-state index contributed by atoms with van der Waals surface area (Å²) >= 11 is 11.9. The summed E-state index contributed by atoms with van der Waals surface area (Å²) in [5, 5.41) is 4.11. The van der Waals surface area contributed by atoms with E-state index in [1.54, 1.807) is 19.2 Å². The van der Waals surface area contributed by atoms with Gasteiger partial charge >= 0.3 is 0 Å². The number of anilines is 3. The quantitative estimate of drug-likeness (QED) is 0.812. The van der Waals surface area contributed by atoms with Crippen LogP contribution in [0.5, 0.6) is 5.75 Å². The van der Waals surface area contributed by atoms with Gasteiger partial charge in [0.15, 0.2) is 0 Å². The third-order valence-electron chi connectivity index (χ3n) is 2.77. The van der Waals surface area contributed by atoms with Gasteiger partial charge < -0.3 is 15.8 Å². The monoisotopic (exact) mass is 296 g/mol. The molecule has 5 heteroatoms. The molecule has 0 aromatic heterocycles. The highest BCUT2D eigenvalue weighted by Crippen LogP contribution is 2.33. The maximum atomic E-state index is 5.98. The molecular formula is C14H14Cl2N2O. The minimum atomic E-state index is 0.440. The summed E-state index contributed by atoms with van der Waals surface area (Å²) in [6.45, 7) is 1.97. The van der Waals surface area contributed by atoms with Crippen molar-refractivity contribution >= 4 is 40.3 Å². The van der Waals surface area contributed by atoms with Gasteiger partial charge in [-0.15, -0.1) is 0 Å². The van der Waals surface area contributed by atoms with Crippen LogP contribution < -0.4 is 15.8 Å². The van der Waals surface area contributed by atoms with Gasteiger partial charge in [-0.1, -0.05) is 23.2 Å². The van der Waals surface area contributed by atoms with Gasteiger partial charge in [-0.25, -0.2) is 0 Å². The average molecular weight is 297 g/mol. The van der Waals surface area contributed by atoms with E-state index in [1.807, 2.05) is 25.1 Å². The van der Waals surface area contributed by atoms with Crippen LogP contribution in [0.15, 0.2) is 30.3 Å². The van der Waals surface area contributed by atoms with Crippen LogP contribution in [0.25, 0.3) is 0 Å². The maximum Gasteiger partial charge on any atom is 0.121 e. The molecule has 0 heterocycles. The number of rotatable bonds is 3. The molecule has 0 aliphatic rings. The van der Waals surface area contributed by atoms with Gasteiger partial charge in [0.25, 0.3) is 0 Å². The Bertz CT molecular complexity index is 615. The fraction of sp³-hybridized carbons (Fsp3) is 0.143. The van der Waals surface area contributed by atoms with E-state index in [0.717, 1.165) is 22.7 Å². The molecule has 2 aromatic rings. The minimum absolute atomic E-state index is 0.440. The Balaban J connectivity index is 2.31. The average Bonchev–Trinajstić information content (AvgIpc) is 2.36. The summed E-state index contributed by atoms with van der Waals surface area (Å²) in [4.78, 5) is 0. The first kappa shape index (κ1) is 13.8. The first-order chi connectivity index (χ1) is 9.01. The topological polar surface area (TPSA) is 47.3 Å². The largest absolute Gasteiger partial charge is 0.496 e. The van der Waals surface area contributed by atoms with Gasteiger partial charge in [-0.05, 0) is 42.8 Å². The number of benzene rings is 2. The van der Waals surface area contributed by atoms with Crippen LogP contribution in [0.1, 0.15) is 5.56 Å². The summed E-state index contributed by atoms with van der Waals surface area (Å²) < 4.78 is 5.22. The van der Waals surface area contributed by atoms with Crippen LogP contribution in [-0.2, 0) is 0 Å². The van der Waals surface area contributed by atoms with Crippen molar-refractivity contribution < 1.29 is 4.74 Å². The van der Waals surface area contributed by atoms with E-state index in [2.05, 4.69) is 5.32 Å². The second-order valence-electron chi connectivity index (χ2n) is 4.16. The van der Waals surface area contributed by atoms with Crippen LogP contribution in [0.3, 0.4) is 0 Å². The fourth-order valence-corrected chi connectivity index (χ4v) is 2.12.